The lowest BCUT2D eigenvalue weighted by atomic mass is 10.2. The molecule has 2 fully saturated rings. The maximum absolute atomic E-state index is 14.5. The number of urea groups is 1. The number of carbonyl (C=O) groups excluding carboxylic acids is 2. The van der Waals surface area contributed by atoms with E-state index in [-0.39, 0.29) is 16.8 Å². The van der Waals surface area contributed by atoms with E-state index >= 15 is 0 Å². The Morgan fingerprint density at radius 3 is 2.64 bits per heavy atom. The summed E-state index contributed by atoms with van der Waals surface area (Å²) in [6.07, 6.45) is 7.30. The van der Waals surface area contributed by atoms with Gasteiger partial charge in [-0.2, -0.15) is 0 Å². The van der Waals surface area contributed by atoms with Crippen molar-refractivity contribution in [2.24, 2.45) is 0 Å². The number of imide groups is 1. The van der Waals surface area contributed by atoms with Crippen LogP contribution in [-0.2, 0) is 4.79 Å². The van der Waals surface area contributed by atoms with Gasteiger partial charge < -0.3 is 4.74 Å². The highest BCUT2D eigenvalue weighted by Gasteiger charge is 2.43. The first kappa shape index (κ1) is 16.4. The molecule has 0 radical (unpaired) electrons. The lowest BCUT2D eigenvalue weighted by Gasteiger charge is -2.20. The third kappa shape index (κ3) is 2.78. The third-order valence-corrected chi connectivity index (χ3v) is 5.19. The molecule has 0 atom stereocenters. The average molecular weight is 365 g/mol. The Balaban J connectivity index is 1.69. The number of benzene rings is 1. The predicted molar refractivity (Wildman–Crippen MR) is 91.2 cm³/mol. The molecule has 0 bridgehead atoms. The molecule has 1 saturated heterocycles. The normalized spacial score (nSPS) is 21.0. The van der Waals surface area contributed by atoms with E-state index in [9.17, 15) is 14.0 Å². The summed E-state index contributed by atoms with van der Waals surface area (Å²) in [7, 11) is 0. The zero-order chi connectivity index (χ0) is 17.6. The van der Waals surface area contributed by atoms with Crippen molar-refractivity contribution in [1.29, 1.82) is 0 Å². The van der Waals surface area contributed by atoms with Gasteiger partial charge in [-0.25, -0.2) is 14.1 Å². The molecule has 4 rings (SSSR count). The van der Waals surface area contributed by atoms with Gasteiger partial charge in [0.1, 0.15) is 17.3 Å². The lowest BCUT2D eigenvalue weighted by Crippen LogP contribution is -2.34. The van der Waals surface area contributed by atoms with Crippen LogP contribution in [0, 0.1) is 5.82 Å². The van der Waals surface area contributed by atoms with Crippen molar-refractivity contribution in [2.45, 2.75) is 44.6 Å². The van der Waals surface area contributed by atoms with Crippen LogP contribution < -0.4 is 9.64 Å². The van der Waals surface area contributed by atoms with Gasteiger partial charge in [-0.3, -0.25) is 9.69 Å². The van der Waals surface area contributed by atoms with Crippen molar-refractivity contribution in [3.05, 3.63) is 34.7 Å². The number of carbonyl (C=O) groups is 2. The standard InChI is InChI=1S/C18H18ClFN2O3/c19-12-9-13(20)15(10-16(12)25-11-5-1-2-6-11)22-17(23)14-7-3-4-8-21(14)18(22)24/h7,9-11H,1-6,8H2. The van der Waals surface area contributed by atoms with Crippen LogP contribution in [0.1, 0.15) is 38.5 Å². The second kappa shape index (κ2) is 6.33. The van der Waals surface area contributed by atoms with Crippen LogP contribution in [-0.4, -0.2) is 29.5 Å². The predicted octanol–water partition coefficient (Wildman–Crippen LogP) is 4.25. The van der Waals surface area contributed by atoms with Gasteiger partial charge in [0.25, 0.3) is 5.91 Å². The van der Waals surface area contributed by atoms with Crippen molar-refractivity contribution in [3.8, 4) is 5.75 Å². The summed E-state index contributed by atoms with van der Waals surface area (Å²) in [5.74, 6) is -0.909. The number of hydrogen-bond acceptors (Lipinski definition) is 3. The van der Waals surface area contributed by atoms with E-state index in [0.29, 0.717) is 18.0 Å². The minimum absolute atomic E-state index is 0.0369. The lowest BCUT2D eigenvalue weighted by molar-refractivity contribution is -0.114. The largest absolute Gasteiger partial charge is 0.489 e. The summed E-state index contributed by atoms with van der Waals surface area (Å²) in [5.41, 5.74) is 0.214. The van der Waals surface area contributed by atoms with Crippen molar-refractivity contribution in [2.75, 3.05) is 11.4 Å². The Labute approximate surface area is 150 Å². The maximum atomic E-state index is 14.5. The number of fused-ring (bicyclic) bond motifs is 1. The van der Waals surface area contributed by atoms with E-state index < -0.39 is 17.8 Å². The van der Waals surface area contributed by atoms with Gasteiger partial charge in [0.15, 0.2) is 0 Å². The molecule has 0 N–H and O–H groups in total. The smallest absolute Gasteiger partial charge is 0.336 e. The van der Waals surface area contributed by atoms with Crippen LogP contribution in [0.15, 0.2) is 23.9 Å². The van der Waals surface area contributed by atoms with Gasteiger partial charge in [0.05, 0.1) is 16.8 Å². The number of rotatable bonds is 3. The van der Waals surface area contributed by atoms with E-state index in [1.54, 1.807) is 6.08 Å². The van der Waals surface area contributed by atoms with E-state index in [1.165, 1.54) is 11.0 Å². The number of nitrogens with zero attached hydrogens (tertiary/aromatic N) is 2. The summed E-state index contributed by atoms with van der Waals surface area (Å²) < 4.78 is 20.4. The summed E-state index contributed by atoms with van der Waals surface area (Å²) >= 11 is 6.11. The molecule has 1 aromatic rings. The van der Waals surface area contributed by atoms with Gasteiger partial charge in [0.2, 0.25) is 0 Å². The maximum Gasteiger partial charge on any atom is 0.336 e. The zero-order valence-electron chi connectivity index (χ0n) is 13.6. The summed E-state index contributed by atoms with van der Waals surface area (Å²) in [4.78, 5) is 27.5. The molecule has 0 unspecified atom stereocenters. The van der Waals surface area contributed by atoms with Crippen LogP contribution in [0.5, 0.6) is 5.75 Å². The van der Waals surface area contributed by atoms with E-state index in [2.05, 4.69) is 0 Å². The molecular formula is C18H18ClFN2O3. The number of allylic oxidation sites excluding steroid dienone is 1. The SMILES string of the molecule is O=C1C2=CCCCN2C(=O)N1c1cc(OC2CCCC2)c(Cl)cc1F. The molecule has 5 nitrogen and oxygen atoms in total. The van der Waals surface area contributed by atoms with Gasteiger partial charge in [-0.1, -0.05) is 17.7 Å². The van der Waals surface area contributed by atoms with E-state index in [0.717, 1.165) is 49.5 Å². The number of anilines is 1. The molecule has 3 amide bonds. The van der Waals surface area contributed by atoms with E-state index in [1.807, 2.05) is 0 Å². The fourth-order valence-electron chi connectivity index (χ4n) is 3.62. The molecule has 132 valence electrons. The first-order chi connectivity index (χ1) is 12.1. The Morgan fingerprint density at radius 1 is 1.16 bits per heavy atom. The number of amides is 3. The number of ether oxygens (including phenoxy) is 1. The first-order valence-electron chi connectivity index (χ1n) is 8.58. The highest BCUT2D eigenvalue weighted by molar-refractivity contribution is 6.32. The van der Waals surface area contributed by atoms with Crippen molar-refractivity contribution in [3.63, 3.8) is 0 Å². The van der Waals surface area contributed by atoms with Crippen molar-refractivity contribution < 1.29 is 18.7 Å². The molecule has 1 aromatic carbocycles. The van der Waals surface area contributed by atoms with Gasteiger partial charge >= 0.3 is 6.03 Å². The molecule has 25 heavy (non-hydrogen) atoms. The fraction of sp³-hybridized carbons (Fsp3) is 0.444. The number of halogens is 2. The third-order valence-electron chi connectivity index (χ3n) is 4.90. The average Bonchev–Trinajstić information content (AvgIpc) is 3.19. The van der Waals surface area contributed by atoms with Gasteiger partial charge in [-0.05, 0) is 44.6 Å². The fourth-order valence-corrected chi connectivity index (χ4v) is 3.82. The molecule has 0 aromatic heterocycles. The molecule has 7 heteroatoms. The first-order valence-corrected chi connectivity index (χ1v) is 8.96. The molecule has 2 aliphatic heterocycles. The summed E-state index contributed by atoms with van der Waals surface area (Å²) in [6, 6.07) is 1.95. The zero-order valence-corrected chi connectivity index (χ0v) is 14.4. The Morgan fingerprint density at radius 2 is 1.92 bits per heavy atom. The van der Waals surface area contributed by atoms with Crippen LogP contribution >= 0.6 is 11.6 Å². The molecule has 1 saturated carbocycles. The van der Waals surface area contributed by atoms with Gasteiger partial charge in [0, 0.05) is 12.6 Å². The second-order valence-corrected chi connectivity index (χ2v) is 6.97. The molecule has 2 heterocycles. The van der Waals surface area contributed by atoms with Gasteiger partial charge in [-0.15, -0.1) is 0 Å². The van der Waals surface area contributed by atoms with Crippen LogP contribution in [0.3, 0.4) is 0 Å². The summed E-state index contributed by atoms with van der Waals surface area (Å²) in [5, 5.41) is 0.143. The second-order valence-electron chi connectivity index (χ2n) is 6.56. The number of hydrogen-bond donors (Lipinski definition) is 0. The Hall–Kier alpha value is -2.08. The quantitative estimate of drug-likeness (QED) is 0.753. The van der Waals surface area contributed by atoms with E-state index in [4.69, 9.17) is 16.3 Å². The molecular weight excluding hydrogens is 347 g/mol. The minimum Gasteiger partial charge on any atom is -0.489 e. The highest BCUT2D eigenvalue weighted by Crippen LogP contribution is 2.38. The summed E-state index contributed by atoms with van der Waals surface area (Å²) in [6.45, 7) is 0.466. The Kier molecular flexibility index (Phi) is 4.15. The van der Waals surface area contributed by atoms with Crippen molar-refractivity contribution >= 4 is 29.2 Å². The molecule has 3 aliphatic rings. The molecule has 1 aliphatic carbocycles. The topological polar surface area (TPSA) is 49.9 Å². The molecule has 0 spiro atoms. The minimum atomic E-state index is -0.717. The van der Waals surface area contributed by atoms with Crippen LogP contribution in [0.4, 0.5) is 14.9 Å². The van der Waals surface area contributed by atoms with Crippen LogP contribution in [0.2, 0.25) is 5.02 Å². The monoisotopic (exact) mass is 364 g/mol. The highest BCUT2D eigenvalue weighted by atomic mass is 35.5. The Bertz CT molecular complexity index is 774. The van der Waals surface area contributed by atoms with Crippen LogP contribution in [0.25, 0.3) is 0 Å². The van der Waals surface area contributed by atoms with Crippen molar-refractivity contribution in [1.82, 2.24) is 4.90 Å².